The highest BCUT2D eigenvalue weighted by atomic mass is 35.5. The van der Waals surface area contributed by atoms with Crippen molar-refractivity contribution in [2.24, 2.45) is 0 Å². The molecule has 2 amide bonds. The molecule has 3 aromatic carbocycles. The van der Waals surface area contributed by atoms with E-state index >= 15 is 0 Å². The molecule has 0 aromatic heterocycles. The van der Waals surface area contributed by atoms with Gasteiger partial charge in [0.1, 0.15) is 12.6 Å². The number of hydrogen-bond acceptors (Lipinski definition) is 4. The number of carbonyl (C=O) groups excluding carboxylic acids is 2. The zero-order valence-electron chi connectivity index (χ0n) is 23.8. The number of amides is 2. The summed E-state index contributed by atoms with van der Waals surface area (Å²) in [4.78, 5) is 28.6. The first-order chi connectivity index (χ1) is 19.0. The summed E-state index contributed by atoms with van der Waals surface area (Å²) in [5, 5.41) is 3.88. The van der Waals surface area contributed by atoms with Crippen molar-refractivity contribution in [3.05, 3.63) is 92.4 Å². The minimum Gasteiger partial charge on any atom is -0.350 e. The number of nitrogens with one attached hydrogen (secondary N) is 1. The highest BCUT2D eigenvalue weighted by Gasteiger charge is 2.33. The minimum absolute atomic E-state index is 0.0124. The number of aryl methyl sites for hydroxylation is 2. The highest BCUT2D eigenvalue weighted by molar-refractivity contribution is 7.92. The second kappa shape index (κ2) is 13.0. The molecule has 3 rings (SSSR count). The van der Waals surface area contributed by atoms with Crippen LogP contribution in [0.4, 0.5) is 5.69 Å². The van der Waals surface area contributed by atoms with Crippen molar-refractivity contribution in [1.29, 1.82) is 0 Å². The monoisotopic (exact) mass is 637 g/mol. The van der Waals surface area contributed by atoms with Gasteiger partial charge in [-0.1, -0.05) is 64.6 Å². The van der Waals surface area contributed by atoms with E-state index < -0.39 is 40.0 Å². The zero-order valence-corrected chi connectivity index (χ0v) is 26.9. The van der Waals surface area contributed by atoms with E-state index in [9.17, 15) is 18.0 Å². The quantitative estimate of drug-likeness (QED) is 0.280. The van der Waals surface area contributed by atoms with Gasteiger partial charge in [-0.05, 0) is 89.1 Å². The zero-order chi connectivity index (χ0) is 30.7. The average molecular weight is 639 g/mol. The van der Waals surface area contributed by atoms with Crippen LogP contribution in [0.15, 0.2) is 65.6 Å². The van der Waals surface area contributed by atoms with Crippen LogP contribution in [-0.4, -0.2) is 43.3 Å². The molecule has 0 aliphatic heterocycles. The number of carbonyl (C=O) groups is 2. The Morgan fingerprint density at radius 3 is 2.07 bits per heavy atom. The maximum atomic E-state index is 14.0. The third-order valence-corrected chi connectivity index (χ3v) is 9.27. The first kappa shape index (κ1) is 32.7. The van der Waals surface area contributed by atoms with Gasteiger partial charge in [0, 0.05) is 17.1 Å². The predicted octanol–water partition coefficient (Wildman–Crippen LogP) is 6.79. The maximum Gasteiger partial charge on any atom is 0.264 e. The molecule has 0 fully saturated rings. The highest BCUT2D eigenvalue weighted by Crippen LogP contribution is 2.29. The van der Waals surface area contributed by atoms with E-state index in [2.05, 4.69) is 5.32 Å². The van der Waals surface area contributed by atoms with Gasteiger partial charge in [-0.25, -0.2) is 8.42 Å². The Morgan fingerprint density at radius 2 is 1.51 bits per heavy atom. The number of benzene rings is 3. The van der Waals surface area contributed by atoms with Crippen LogP contribution in [0.3, 0.4) is 0 Å². The van der Waals surface area contributed by atoms with Crippen LogP contribution in [0.1, 0.15) is 44.4 Å². The number of hydrogen-bond donors (Lipinski definition) is 1. The molecule has 0 bridgehead atoms. The van der Waals surface area contributed by atoms with Crippen molar-refractivity contribution in [3.63, 3.8) is 0 Å². The molecule has 11 heteroatoms. The summed E-state index contributed by atoms with van der Waals surface area (Å²) in [7, 11) is -4.20. The summed E-state index contributed by atoms with van der Waals surface area (Å²) in [6.07, 6.45) is 0. The smallest absolute Gasteiger partial charge is 0.264 e. The van der Waals surface area contributed by atoms with E-state index in [0.717, 1.165) is 15.4 Å². The molecule has 3 aromatic rings. The van der Waals surface area contributed by atoms with E-state index in [-0.39, 0.29) is 17.1 Å². The molecule has 0 heterocycles. The van der Waals surface area contributed by atoms with Crippen molar-refractivity contribution >= 4 is 62.3 Å². The first-order valence-electron chi connectivity index (χ1n) is 12.9. The van der Waals surface area contributed by atoms with E-state index in [4.69, 9.17) is 34.8 Å². The van der Waals surface area contributed by atoms with Crippen LogP contribution >= 0.6 is 34.8 Å². The van der Waals surface area contributed by atoms with E-state index in [1.54, 1.807) is 56.3 Å². The third-order valence-electron chi connectivity index (χ3n) is 6.33. The molecule has 0 saturated heterocycles. The fourth-order valence-corrected chi connectivity index (χ4v) is 5.90. The molecule has 0 saturated carbocycles. The molecule has 1 N–H and O–H groups in total. The Kier molecular flexibility index (Phi) is 10.4. The van der Waals surface area contributed by atoms with Crippen molar-refractivity contribution < 1.29 is 18.0 Å². The molecule has 0 radical (unpaired) electrons. The minimum atomic E-state index is -4.20. The number of nitrogens with zero attached hydrogens (tertiary/aromatic N) is 2. The van der Waals surface area contributed by atoms with Gasteiger partial charge in [-0.3, -0.25) is 13.9 Å². The Hall–Kier alpha value is -2.78. The molecule has 220 valence electrons. The van der Waals surface area contributed by atoms with E-state index in [1.165, 1.54) is 23.1 Å². The van der Waals surface area contributed by atoms with Crippen LogP contribution in [-0.2, 0) is 26.2 Å². The standard InChI is InChI=1S/C30H34Cl3N3O4S/c1-19-7-12-24(13-8-19)41(39,40)36(23-11-9-20(2)26(32)16-23)18-28(37)35(21(3)29(38)34-30(4,5)6)17-22-10-14-25(31)27(33)15-22/h7-16,21H,17-18H2,1-6H3,(H,34,38)/t21-/m0/s1. The molecular weight excluding hydrogens is 605 g/mol. The molecule has 1 atom stereocenters. The molecule has 41 heavy (non-hydrogen) atoms. The predicted molar refractivity (Wildman–Crippen MR) is 166 cm³/mol. The lowest BCUT2D eigenvalue weighted by Gasteiger charge is -2.33. The molecule has 0 aliphatic carbocycles. The SMILES string of the molecule is Cc1ccc(S(=O)(=O)N(CC(=O)N(Cc2ccc(Cl)c(Cl)c2)[C@@H](C)C(=O)NC(C)(C)C)c2ccc(C)c(Cl)c2)cc1. The third kappa shape index (κ3) is 8.38. The van der Waals surface area contributed by atoms with Gasteiger partial charge in [0.2, 0.25) is 11.8 Å². The van der Waals surface area contributed by atoms with Crippen molar-refractivity contribution in [3.8, 4) is 0 Å². The van der Waals surface area contributed by atoms with Gasteiger partial charge < -0.3 is 10.2 Å². The van der Waals surface area contributed by atoms with Crippen molar-refractivity contribution in [2.75, 3.05) is 10.8 Å². The first-order valence-corrected chi connectivity index (χ1v) is 15.5. The van der Waals surface area contributed by atoms with Gasteiger partial charge in [-0.2, -0.15) is 0 Å². The molecule has 0 aliphatic rings. The van der Waals surface area contributed by atoms with Gasteiger partial charge in [-0.15, -0.1) is 0 Å². The summed E-state index contributed by atoms with van der Waals surface area (Å²) < 4.78 is 28.9. The lowest BCUT2D eigenvalue weighted by atomic mass is 10.1. The Labute approximate surface area is 257 Å². The van der Waals surface area contributed by atoms with Crippen LogP contribution in [0.2, 0.25) is 15.1 Å². The number of halogens is 3. The van der Waals surface area contributed by atoms with Gasteiger partial charge in [0.25, 0.3) is 10.0 Å². The van der Waals surface area contributed by atoms with Crippen LogP contribution in [0.25, 0.3) is 0 Å². The number of sulfonamides is 1. The summed E-state index contributed by atoms with van der Waals surface area (Å²) in [6.45, 7) is 10.1. The molecule has 0 spiro atoms. The fraction of sp³-hybridized carbons (Fsp3) is 0.333. The molecule has 7 nitrogen and oxygen atoms in total. The lowest BCUT2D eigenvalue weighted by Crippen LogP contribution is -2.54. The Morgan fingerprint density at radius 1 is 0.878 bits per heavy atom. The van der Waals surface area contributed by atoms with E-state index in [1.807, 2.05) is 27.7 Å². The second-order valence-corrected chi connectivity index (χ2v) is 14.0. The summed E-state index contributed by atoms with van der Waals surface area (Å²) in [6, 6.07) is 15.1. The van der Waals surface area contributed by atoms with Crippen LogP contribution in [0.5, 0.6) is 0 Å². The molecule has 0 unspecified atom stereocenters. The van der Waals surface area contributed by atoms with Gasteiger partial charge in [0.05, 0.1) is 20.6 Å². The lowest BCUT2D eigenvalue weighted by molar-refractivity contribution is -0.140. The Balaban J connectivity index is 2.08. The topological polar surface area (TPSA) is 86.8 Å². The largest absolute Gasteiger partial charge is 0.350 e. The summed E-state index contributed by atoms with van der Waals surface area (Å²) >= 11 is 18.7. The Bertz CT molecular complexity index is 1540. The van der Waals surface area contributed by atoms with Gasteiger partial charge in [0.15, 0.2) is 0 Å². The number of anilines is 1. The maximum absolute atomic E-state index is 14.0. The van der Waals surface area contributed by atoms with Crippen molar-refractivity contribution in [2.45, 2.75) is 64.6 Å². The normalized spacial score (nSPS) is 12.5. The summed E-state index contributed by atoms with van der Waals surface area (Å²) in [5.41, 5.74) is 1.92. The van der Waals surface area contributed by atoms with E-state index in [0.29, 0.717) is 20.6 Å². The average Bonchev–Trinajstić information content (AvgIpc) is 2.88. The van der Waals surface area contributed by atoms with Crippen LogP contribution < -0.4 is 9.62 Å². The molecular formula is C30H34Cl3N3O4S. The second-order valence-electron chi connectivity index (χ2n) is 10.9. The fourth-order valence-electron chi connectivity index (χ4n) is 3.99. The van der Waals surface area contributed by atoms with Crippen molar-refractivity contribution in [1.82, 2.24) is 10.2 Å². The van der Waals surface area contributed by atoms with Gasteiger partial charge >= 0.3 is 0 Å². The summed E-state index contributed by atoms with van der Waals surface area (Å²) in [5.74, 6) is -0.989. The van der Waals surface area contributed by atoms with Crippen LogP contribution in [0, 0.1) is 13.8 Å². The number of rotatable bonds is 9.